The van der Waals surface area contributed by atoms with Crippen molar-refractivity contribution in [2.75, 3.05) is 0 Å². The lowest BCUT2D eigenvalue weighted by molar-refractivity contribution is 0.0697. The highest BCUT2D eigenvalue weighted by Crippen LogP contribution is 2.32. The minimum Gasteiger partial charge on any atom is -0.478 e. The van der Waals surface area contributed by atoms with Crippen LogP contribution in [0.25, 0.3) is 28.0 Å². The van der Waals surface area contributed by atoms with Gasteiger partial charge in [0.15, 0.2) is 5.58 Å². The van der Waals surface area contributed by atoms with Gasteiger partial charge < -0.3 is 9.52 Å². The molecule has 1 N–H and O–H groups in total. The predicted molar refractivity (Wildman–Crippen MR) is 90.5 cm³/mol. The number of aromatic carboxylic acids is 1. The van der Waals surface area contributed by atoms with Gasteiger partial charge in [0.1, 0.15) is 17.0 Å². The van der Waals surface area contributed by atoms with Gasteiger partial charge in [-0.2, -0.15) is 5.10 Å². The Labute approximate surface area is 137 Å². The zero-order chi connectivity index (χ0) is 16.7. The van der Waals surface area contributed by atoms with Crippen LogP contribution in [0.1, 0.15) is 16.1 Å². The lowest BCUT2D eigenvalue weighted by Crippen LogP contribution is -1.97. The van der Waals surface area contributed by atoms with Gasteiger partial charge in [-0.1, -0.05) is 30.3 Å². The molecule has 24 heavy (non-hydrogen) atoms. The van der Waals surface area contributed by atoms with Crippen molar-refractivity contribution in [1.29, 1.82) is 0 Å². The van der Waals surface area contributed by atoms with E-state index in [0.29, 0.717) is 11.3 Å². The molecule has 5 heteroatoms. The molecule has 0 aliphatic rings. The summed E-state index contributed by atoms with van der Waals surface area (Å²) >= 11 is 0. The second kappa shape index (κ2) is 5.38. The molecular formula is C19H14N2O3. The molecule has 2 aromatic heterocycles. The number of para-hydroxylation sites is 1. The second-order valence-electron chi connectivity index (χ2n) is 5.55. The molecule has 0 saturated carbocycles. The summed E-state index contributed by atoms with van der Waals surface area (Å²) in [6, 6.07) is 18.4. The number of hydrogen-bond donors (Lipinski definition) is 1. The van der Waals surface area contributed by atoms with E-state index in [4.69, 9.17) is 9.52 Å². The second-order valence-corrected chi connectivity index (χ2v) is 5.55. The number of rotatable bonds is 3. The van der Waals surface area contributed by atoms with Crippen molar-refractivity contribution in [2.45, 2.75) is 6.92 Å². The number of furan rings is 1. The van der Waals surface area contributed by atoms with Crippen molar-refractivity contribution < 1.29 is 14.3 Å². The lowest BCUT2D eigenvalue weighted by Gasteiger charge is -2.01. The largest absolute Gasteiger partial charge is 0.478 e. The topological polar surface area (TPSA) is 68.3 Å². The van der Waals surface area contributed by atoms with Crippen LogP contribution in [0.15, 0.2) is 65.1 Å². The molecule has 118 valence electrons. The molecule has 0 spiro atoms. The molecule has 0 unspecified atom stereocenters. The maximum atomic E-state index is 11.0. The molecule has 4 aromatic rings. The van der Waals surface area contributed by atoms with Crippen LogP contribution in [0.2, 0.25) is 0 Å². The number of carboxylic acids is 1. The number of aryl methyl sites for hydroxylation is 1. The molecule has 5 nitrogen and oxygen atoms in total. The van der Waals surface area contributed by atoms with E-state index in [0.717, 1.165) is 22.5 Å². The highest BCUT2D eigenvalue weighted by molar-refractivity contribution is 5.92. The number of carbonyl (C=O) groups is 1. The standard InChI is InChI=1S/C19H14N2O3/c1-12-11-16-18(24-12)17(13-7-9-14(10-8-13)19(22)23)20-21(16)15-5-3-2-4-6-15/h2-11H,1H3,(H,22,23). The zero-order valence-electron chi connectivity index (χ0n) is 12.9. The third kappa shape index (κ3) is 2.27. The van der Waals surface area contributed by atoms with Crippen LogP contribution in [0.5, 0.6) is 0 Å². The first-order chi connectivity index (χ1) is 11.6. The number of aromatic nitrogens is 2. The fraction of sp³-hybridized carbons (Fsp3) is 0.0526. The molecular weight excluding hydrogens is 304 g/mol. The van der Waals surface area contributed by atoms with Gasteiger partial charge in [-0.25, -0.2) is 9.48 Å². The van der Waals surface area contributed by atoms with Crippen molar-refractivity contribution in [3.05, 3.63) is 72.0 Å². The average molecular weight is 318 g/mol. The minimum absolute atomic E-state index is 0.244. The van der Waals surface area contributed by atoms with Gasteiger partial charge >= 0.3 is 5.97 Å². The molecule has 0 saturated heterocycles. The third-order valence-corrected chi connectivity index (χ3v) is 3.88. The summed E-state index contributed by atoms with van der Waals surface area (Å²) < 4.78 is 7.67. The molecule has 0 atom stereocenters. The van der Waals surface area contributed by atoms with Gasteiger partial charge in [-0.15, -0.1) is 0 Å². The predicted octanol–water partition coefficient (Wildman–Crippen LogP) is 4.29. The van der Waals surface area contributed by atoms with Crippen LogP contribution >= 0.6 is 0 Å². The SMILES string of the molecule is Cc1cc2c(o1)c(-c1ccc(C(=O)O)cc1)nn2-c1ccccc1. The summed E-state index contributed by atoms with van der Waals surface area (Å²) in [7, 11) is 0. The van der Waals surface area contributed by atoms with Gasteiger partial charge in [-0.05, 0) is 31.2 Å². The van der Waals surface area contributed by atoms with Crippen molar-refractivity contribution in [3.8, 4) is 16.9 Å². The molecule has 0 amide bonds. The van der Waals surface area contributed by atoms with E-state index in [1.165, 1.54) is 0 Å². The first kappa shape index (κ1) is 14.3. The van der Waals surface area contributed by atoms with E-state index >= 15 is 0 Å². The quantitative estimate of drug-likeness (QED) is 0.612. The average Bonchev–Trinajstić information content (AvgIpc) is 3.13. The molecule has 2 heterocycles. The van der Waals surface area contributed by atoms with Crippen LogP contribution in [0.3, 0.4) is 0 Å². The molecule has 0 aliphatic heterocycles. The molecule has 0 aliphatic carbocycles. The summed E-state index contributed by atoms with van der Waals surface area (Å²) in [6.07, 6.45) is 0. The van der Waals surface area contributed by atoms with Crippen LogP contribution in [-0.2, 0) is 0 Å². The first-order valence-electron chi connectivity index (χ1n) is 7.52. The van der Waals surface area contributed by atoms with E-state index < -0.39 is 5.97 Å². The fourth-order valence-corrected chi connectivity index (χ4v) is 2.75. The number of nitrogens with zero attached hydrogens (tertiary/aromatic N) is 2. The Morgan fingerprint density at radius 2 is 1.79 bits per heavy atom. The summed E-state index contributed by atoms with van der Waals surface area (Å²) in [5, 5.41) is 13.7. The Morgan fingerprint density at radius 1 is 1.08 bits per heavy atom. The highest BCUT2D eigenvalue weighted by Gasteiger charge is 2.18. The maximum absolute atomic E-state index is 11.0. The number of hydrogen-bond acceptors (Lipinski definition) is 3. The number of benzene rings is 2. The highest BCUT2D eigenvalue weighted by atomic mass is 16.4. The number of fused-ring (bicyclic) bond motifs is 1. The van der Waals surface area contributed by atoms with Crippen LogP contribution in [0, 0.1) is 6.92 Å². The summed E-state index contributed by atoms with van der Waals surface area (Å²) in [4.78, 5) is 11.0. The third-order valence-electron chi connectivity index (χ3n) is 3.88. The van der Waals surface area contributed by atoms with Crippen molar-refractivity contribution in [2.24, 2.45) is 0 Å². The Kier molecular flexibility index (Phi) is 3.20. The first-order valence-corrected chi connectivity index (χ1v) is 7.52. The van der Waals surface area contributed by atoms with Crippen LogP contribution in [0.4, 0.5) is 0 Å². The summed E-state index contributed by atoms with van der Waals surface area (Å²) in [5.41, 5.74) is 4.27. The molecule has 2 aromatic carbocycles. The van der Waals surface area contributed by atoms with Crippen molar-refractivity contribution in [1.82, 2.24) is 9.78 Å². The van der Waals surface area contributed by atoms with E-state index in [-0.39, 0.29) is 5.56 Å². The van der Waals surface area contributed by atoms with Gasteiger partial charge in [-0.3, -0.25) is 0 Å². The maximum Gasteiger partial charge on any atom is 0.335 e. The van der Waals surface area contributed by atoms with E-state index in [1.807, 2.05) is 48.0 Å². The lowest BCUT2D eigenvalue weighted by atomic mass is 10.1. The molecule has 0 fully saturated rings. The van der Waals surface area contributed by atoms with E-state index in [2.05, 4.69) is 5.10 Å². The monoisotopic (exact) mass is 318 g/mol. The minimum atomic E-state index is -0.949. The summed E-state index contributed by atoms with van der Waals surface area (Å²) in [6.45, 7) is 1.90. The Balaban J connectivity index is 1.91. The summed E-state index contributed by atoms with van der Waals surface area (Å²) in [5.74, 6) is -0.147. The Bertz CT molecular complexity index is 1030. The van der Waals surface area contributed by atoms with Gasteiger partial charge in [0, 0.05) is 11.6 Å². The van der Waals surface area contributed by atoms with Crippen molar-refractivity contribution >= 4 is 17.1 Å². The van der Waals surface area contributed by atoms with E-state index in [9.17, 15) is 4.79 Å². The molecule has 4 rings (SSSR count). The van der Waals surface area contributed by atoms with Crippen LogP contribution in [-0.4, -0.2) is 20.9 Å². The van der Waals surface area contributed by atoms with Gasteiger partial charge in [0.2, 0.25) is 0 Å². The Hall–Kier alpha value is -3.34. The number of carboxylic acid groups (broad SMARTS) is 1. The van der Waals surface area contributed by atoms with Crippen molar-refractivity contribution in [3.63, 3.8) is 0 Å². The van der Waals surface area contributed by atoms with Crippen LogP contribution < -0.4 is 0 Å². The smallest absolute Gasteiger partial charge is 0.335 e. The fourth-order valence-electron chi connectivity index (χ4n) is 2.75. The molecule has 0 bridgehead atoms. The zero-order valence-corrected chi connectivity index (χ0v) is 12.9. The molecule has 0 radical (unpaired) electrons. The van der Waals surface area contributed by atoms with Gasteiger partial charge in [0.25, 0.3) is 0 Å². The normalized spacial score (nSPS) is 11.0. The van der Waals surface area contributed by atoms with E-state index in [1.54, 1.807) is 24.3 Å². The van der Waals surface area contributed by atoms with Gasteiger partial charge in [0.05, 0.1) is 11.3 Å². The Morgan fingerprint density at radius 3 is 2.46 bits per heavy atom.